The van der Waals surface area contributed by atoms with E-state index < -0.39 is 15.8 Å². The van der Waals surface area contributed by atoms with Gasteiger partial charge in [-0.15, -0.1) is 0 Å². The van der Waals surface area contributed by atoms with Gasteiger partial charge in [0.05, 0.1) is 22.2 Å². The van der Waals surface area contributed by atoms with Gasteiger partial charge >= 0.3 is 0 Å². The molecule has 31 heavy (non-hydrogen) atoms. The van der Waals surface area contributed by atoms with Gasteiger partial charge in [-0.1, -0.05) is 38.1 Å². The van der Waals surface area contributed by atoms with Gasteiger partial charge in [0.1, 0.15) is 11.9 Å². The van der Waals surface area contributed by atoms with Gasteiger partial charge in [-0.25, -0.2) is 12.8 Å². The summed E-state index contributed by atoms with van der Waals surface area (Å²) in [6.07, 6.45) is 0.781. The third kappa shape index (κ3) is 4.12. The molecule has 3 aromatic rings. The number of anilines is 2. The maximum atomic E-state index is 13.1. The Morgan fingerprint density at radius 3 is 2.52 bits per heavy atom. The van der Waals surface area contributed by atoms with Gasteiger partial charge in [0.25, 0.3) is 10.0 Å². The molecule has 1 heterocycles. The fourth-order valence-electron chi connectivity index (χ4n) is 4.06. The van der Waals surface area contributed by atoms with Crippen molar-refractivity contribution in [3.63, 3.8) is 0 Å². The van der Waals surface area contributed by atoms with Crippen LogP contribution >= 0.6 is 0 Å². The minimum atomic E-state index is -3.84. The maximum absolute atomic E-state index is 13.1. The minimum Gasteiger partial charge on any atom is -0.377 e. The molecule has 1 atom stereocenters. The van der Waals surface area contributed by atoms with Crippen molar-refractivity contribution in [1.82, 2.24) is 0 Å². The molecule has 0 amide bonds. The molecule has 1 aliphatic rings. The van der Waals surface area contributed by atoms with Crippen LogP contribution in [0.25, 0.3) is 0 Å². The van der Waals surface area contributed by atoms with Crippen molar-refractivity contribution in [2.45, 2.75) is 36.6 Å². The topological polar surface area (TPSA) is 82.0 Å². The first-order valence-corrected chi connectivity index (χ1v) is 11.4. The molecule has 0 saturated heterocycles. The second kappa shape index (κ2) is 7.71. The van der Waals surface area contributed by atoms with Crippen LogP contribution in [0.1, 0.15) is 43.0 Å². The third-order valence-corrected chi connectivity index (χ3v) is 7.01. The summed E-state index contributed by atoms with van der Waals surface area (Å²) in [6, 6.07) is 19.7. The van der Waals surface area contributed by atoms with Crippen LogP contribution in [0.5, 0.6) is 0 Å². The highest BCUT2D eigenvalue weighted by molar-refractivity contribution is 7.92. The van der Waals surface area contributed by atoms with E-state index in [9.17, 15) is 18.1 Å². The molecule has 0 saturated carbocycles. The molecule has 1 aliphatic heterocycles. The first kappa shape index (κ1) is 20.9. The van der Waals surface area contributed by atoms with Crippen LogP contribution in [0.3, 0.4) is 0 Å². The zero-order valence-corrected chi connectivity index (χ0v) is 18.0. The van der Waals surface area contributed by atoms with Crippen LogP contribution in [0, 0.1) is 17.1 Å². The number of nitrogens with one attached hydrogen (secondary N) is 2. The van der Waals surface area contributed by atoms with Gasteiger partial charge in [-0.3, -0.25) is 4.72 Å². The molecule has 1 unspecified atom stereocenters. The number of hydrogen-bond donors (Lipinski definition) is 2. The molecule has 0 bridgehead atoms. The van der Waals surface area contributed by atoms with E-state index in [1.807, 2.05) is 18.2 Å². The largest absolute Gasteiger partial charge is 0.377 e. The van der Waals surface area contributed by atoms with Crippen molar-refractivity contribution >= 4 is 21.4 Å². The number of sulfonamides is 1. The van der Waals surface area contributed by atoms with Crippen molar-refractivity contribution < 1.29 is 12.8 Å². The van der Waals surface area contributed by atoms with Gasteiger partial charge < -0.3 is 5.32 Å². The lowest BCUT2D eigenvalue weighted by Gasteiger charge is -2.39. The summed E-state index contributed by atoms with van der Waals surface area (Å²) in [7, 11) is -3.84. The number of benzene rings is 3. The monoisotopic (exact) mass is 435 g/mol. The third-order valence-electron chi connectivity index (χ3n) is 5.61. The highest BCUT2D eigenvalue weighted by atomic mass is 32.2. The highest BCUT2D eigenvalue weighted by Gasteiger charge is 2.34. The molecule has 5 nitrogen and oxygen atoms in total. The average molecular weight is 436 g/mol. The van der Waals surface area contributed by atoms with E-state index in [0.29, 0.717) is 11.3 Å². The Labute approximate surface area is 181 Å². The number of rotatable bonds is 4. The SMILES string of the molecule is CC1(C)CC(c2cccc(NS(=O)(=O)c3ccc(F)cc3)c2)Nc2c(C#N)cccc21. The van der Waals surface area contributed by atoms with E-state index in [-0.39, 0.29) is 16.4 Å². The summed E-state index contributed by atoms with van der Waals surface area (Å²) < 4.78 is 41.0. The van der Waals surface area contributed by atoms with E-state index in [0.717, 1.165) is 35.4 Å². The summed E-state index contributed by atoms with van der Waals surface area (Å²) in [5, 5.41) is 13.0. The van der Waals surface area contributed by atoms with Crippen LogP contribution in [-0.2, 0) is 15.4 Å². The molecule has 0 aromatic heterocycles. The summed E-state index contributed by atoms with van der Waals surface area (Å²) in [6.45, 7) is 4.28. The van der Waals surface area contributed by atoms with Crippen molar-refractivity contribution in [3.05, 3.63) is 89.2 Å². The molecule has 0 radical (unpaired) electrons. The van der Waals surface area contributed by atoms with Crippen LogP contribution in [0.4, 0.5) is 15.8 Å². The fraction of sp³-hybridized carbons (Fsp3) is 0.208. The van der Waals surface area contributed by atoms with E-state index in [1.165, 1.54) is 12.1 Å². The number of halogens is 1. The predicted molar refractivity (Wildman–Crippen MR) is 119 cm³/mol. The van der Waals surface area contributed by atoms with Crippen molar-refractivity contribution in [2.24, 2.45) is 0 Å². The Morgan fingerprint density at radius 1 is 1.10 bits per heavy atom. The minimum absolute atomic E-state index is 0.0104. The van der Waals surface area contributed by atoms with Gasteiger partial charge in [0.15, 0.2) is 0 Å². The number of fused-ring (bicyclic) bond motifs is 1. The van der Waals surface area contributed by atoms with Crippen molar-refractivity contribution in [3.8, 4) is 6.07 Å². The summed E-state index contributed by atoms with van der Waals surface area (Å²) in [5.74, 6) is -0.496. The van der Waals surface area contributed by atoms with Crippen molar-refractivity contribution in [2.75, 3.05) is 10.0 Å². The molecule has 3 aromatic carbocycles. The first-order chi connectivity index (χ1) is 14.7. The molecule has 158 valence electrons. The quantitative estimate of drug-likeness (QED) is 0.580. The Hall–Kier alpha value is -3.37. The van der Waals surface area contributed by atoms with Crippen molar-refractivity contribution in [1.29, 1.82) is 5.26 Å². The maximum Gasteiger partial charge on any atom is 0.261 e. The van der Waals surface area contributed by atoms with Gasteiger partial charge in [0.2, 0.25) is 0 Å². The molecule has 0 spiro atoms. The lowest BCUT2D eigenvalue weighted by atomic mass is 9.73. The van der Waals surface area contributed by atoms with Crippen LogP contribution in [0.2, 0.25) is 0 Å². The number of para-hydroxylation sites is 1. The van der Waals surface area contributed by atoms with E-state index >= 15 is 0 Å². The second-order valence-electron chi connectivity index (χ2n) is 8.31. The molecular formula is C24H22FN3O2S. The number of nitrogens with zero attached hydrogens (tertiary/aromatic N) is 1. The lowest BCUT2D eigenvalue weighted by molar-refractivity contribution is 0.427. The molecule has 4 rings (SSSR count). The van der Waals surface area contributed by atoms with Gasteiger partial charge in [-0.05, 0) is 65.4 Å². The molecule has 0 fully saturated rings. The van der Waals surface area contributed by atoms with Gasteiger partial charge in [0, 0.05) is 5.69 Å². The molecule has 7 heteroatoms. The Balaban J connectivity index is 1.64. The number of hydrogen-bond acceptors (Lipinski definition) is 4. The summed E-state index contributed by atoms with van der Waals surface area (Å²) in [4.78, 5) is -0.0104. The van der Waals surface area contributed by atoms with Crippen LogP contribution < -0.4 is 10.0 Å². The standard InChI is InChI=1S/C24H22FN3O2S/c1-24(2)14-22(27-23-17(15-26)6-4-8-21(23)24)16-5-3-7-19(13-16)28-31(29,30)20-11-9-18(25)10-12-20/h3-13,22,27-28H,14H2,1-2H3. The van der Waals surface area contributed by atoms with Crippen LogP contribution in [0.15, 0.2) is 71.6 Å². The lowest BCUT2D eigenvalue weighted by Crippen LogP contribution is -2.31. The normalized spacial score (nSPS) is 17.2. The Morgan fingerprint density at radius 2 is 1.81 bits per heavy atom. The van der Waals surface area contributed by atoms with E-state index in [4.69, 9.17) is 0 Å². The average Bonchev–Trinajstić information content (AvgIpc) is 2.73. The Kier molecular flexibility index (Phi) is 5.19. The summed E-state index contributed by atoms with van der Waals surface area (Å²) >= 11 is 0. The first-order valence-electron chi connectivity index (χ1n) is 9.88. The molecule has 0 aliphatic carbocycles. The number of nitriles is 1. The second-order valence-corrected chi connectivity index (χ2v) is 9.99. The predicted octanol–water partition coefficient (Wildman–Crippen LogP) is 5.33. The highest BCUT2D eigenvalue weighted by Crippen LogP contribution is 2.45. The zero-order chi connectivity index (χ0) is 22.2. The molecular weight excluding hydrogens is 413 g/mol. The van der Waals surface area contributed by atoms with Gasteiger partial charge in [-0.2, -0.15) is 5.26 Å². The zero-order valence-electron chi connectivity index (χ0n) is 17.2. The van der Waals surface area contributed by atoms with Crippen LogP contribution in [-0.4, -0.2) is 8.42 Å². The van der Waals surface area contributed by atoms with E-state index in [2.05, 4.69) is 30.0 Å². The smallest absolute Gasteiger partial charge is 0.261 e. The summed E-state index contributed by atoms with van der Waals surface area (Å²) in [5.41, 5.74) is 3.66. The Bertz CT molecular complexity index is 1280. The molecule has 2 N–H and O–H groups in total. The fourth-order valence-corrected chi connectivity index (χ4v) is 5.11. The van der Waals surface area contributed by atoms with E-state index in [1.54, 1.807) is 24.3 Å².